The lowest BCUT2D eigenvalue weighted by Gasteiger charge is -2.16. The van der Waals surface area contributed by atoms with E-state index in [1.54, 1.807) is 10.9 Å². The van der Waals surface area contributed by atoms with Gasteiger partial charge in [-0.2, -0.15) is 5.10 Å². The Morgan fingerprint density at radius 3 is 2.76 bits per heavy atom. The maximum atomic E-state index is 11.9. The number of nitrogens with one attached hydrogen (secondary N) is 1. The van der Waals surface area contributed by atoms with Crippen LogP contribution >= 0.6 is 0 Å². The third-order valence-electron chi connectivity index (χ3n) is 2.64. The number of carbonyl (C=O) groups is 1. The molecule has 1 heterocycles. The molecule has 3 N–H and O–H groups in total. The molecule has 0 fully saturated rings. The van der Waals surface area contributed by atoms with Gasteiger partial charge < -0.3 is 11.1 Å². The highest BCUT2D eigenvalue weighted by Crippen LogP contribution is 2.10. The summed E-state index contributed by atoms with van der Waals surface area (Å²) in [6.07, 6.45) is 4.47. The summed E-state index contributed by atoms with van der Waals surface area (Å²) in [5.74, 6) is 0.421. The Kier molecular flexibility index (Phi) is 5.15. The summed E-state index contributed by atoms with van der Waals surface area (Å²) in [5.41, 5.74) is 6.62. The summed E-state index contributed by atoms with van der Waals surface area (Å²) in [6.45, 7) is 5.10. The Hall–Kier alpha value is -1.36. The van der Waals surface area contributed by atoms with Crippen LogP contribution in [0.3, 0.4) is 0 Å². The molecule has 17 heavy (non-hydrogen) atoms. The van der Waals surface area contributed by atoms with E-state index in [0.717, 1.165) is 12.0 Å². The normalized spacial score (nSPS) is 12.8. The Labute approximate surface area is 102 Å². The van der Waals surface area contributed by atoms with Crippen LogP contribution in [0, 0.1) is 11.8 Å². The molecule has 1 amide bonds. The lowest BCUT2D eigenvalue weighted by Crippen LogP contribution is -2.35. The van der Waals surface area contributed by atoms with Gasteiger partial charge in [0.25, 0.3) is 0 Å². The van der Waals surface area contributed by atoms with Gasteiger partial charge in [-0.1, -0.05) is 13.8 Å². The van der Waals surface area contributed by atoms with Crippen molar-refractivity contribution in [1.82, 2.24) is 15.1 Å². The van der Waals surface area contributed by atoms with E-state index in [2.05, 4.69) is 24.3 Å². The molecule has 5 heteroatoms. The summed E-state index contributed by atoms with van der Waals surface area (Å²) < 4.78 is 1.72. The standard InChI is InChI=1S/C12H22N4O/c1-9(2)4-11(5-13)12(17)14-6-10-7-15-16(3)8-10/h7-9,11H,4-6,13H2,1-3H3,(H,14,17). The molecular weight excluding hydrogens is 216 g/mol. The van der Waals surface area contributed by atoms with E-state index in [-0.39, 0.29) is 11.8 Å². The van der Waals surface area contributed by atoms with Crippen molar-refractivity contribution < 1.29 is 4.79 Å². The molecule has 0 aromatic carbocycles. The van der Waals surface area contributed by atoms with Gasteiger partial charge in [0.15, 0.2) is 0 Å². The fraction of sp³-hybridized carbons (Fsp3) is 0.667. The van der Waals surface area contributed by atoms with E-state index in [1.165, 1.54) is 0 Å². The Balaban J connectivity index is 2.42. The quantitative estimate of drug-likeness (QED) is 0.764. The van der Waals surface area contributed by atoms with Crippen molar-refractivity contribution in [3.63, 3.8) is 0 Å². The van der Waals surface area contributed by atoms with Crippen LogP contribution in [0.1, 0.15) is 25.8 Å². The lowest BCUT2D eigenvalue weighted by atomic mass is 9.96. The van der Waals surface area contributed by atoms with Crippen LogP contribution < -0.4 is 11.1 Å². The fourth-order valence-electron chi connectivity index (χ4n) is 1.78. The second-order valence-electron chi connectivity index (χ2n) is 4.80. The van der Waals surface area contributed by atoms with Crippen LogP contribution in [0.2, 0.25) is 0 Å². The average Bonchev–Trinajstić information content (AvgIpc) is 2.68. The van der Waals surface area contributed by atoms with Crippen LogP contribution in [0.15, 0.2) is 12.4 Å². The van der Waals surface area contributed by atoms with E-state index in [9.17, 15) is 4.79 Å². The minimum absolute atomic E-state index is 0.0325. The molecule has 0 bridgehead atoms. The van der Waals surface area contributed by atoms with Gasteiger partial charge in [0.1, 0.15) is 0 Å². The summed E-state index contributed by atoms with van der Waals surface area (Å²) >= 11 is 0. The molecule has 0 aliphatic heterocycles. The van der Waals surface area contributed by atoms with Crippen molar-refractivity contribution in [3.8, 4) is 0 Å². The Morgan fingerprint density at radius 2 is 2.29 bits per heavy atom. The third kappa shape index (κ3) is 4.56. The minimum atomic E-state index is -0.0910. The van der Waals surface area contributed by atoms with Gasteiger partial charge in [-0.15, -0.1) is 0 Å². The predicted octanol–water partition coefficient (Wildman–Crippen LogP) is 0.657. The molecule has 1 atom stereocenters. The summed E-state index contributed by atoms with van der Waals surface area (Å²) in [6, 6.07) is 0. The van der Waals surface area contributed by atoms with Crippen LogP contribution in [0.5, 0.6) is 0 Å². The zero-order valence-corrected chi connectivity index (χ0v) is 10.8. The highest BCUT2D eigenvalue weighted by molar-refractivity contribution is 5.78. The monoisotopic (exact) mass is 238 g/mol. The first-order valence-electron chi connectivity index (χ1n) is 5.98. The first-order chi connectivity index (χ1) is 8.02. The Bertz CT molecular complexity index is 359. The van der Waals surface area contributed by atoms with E-state index >= 15 is 0 Å². The molecule has 0 saturated heterocycles. The van der Waals surface area contributed by atoms with Gasteiger partial charge >= 0.3 is 0 Å². The van der Waals surface area contributed by atoms with Crippen molar-refractivity contribution in [2.24, 2.45) is 24.6 Å². The Morgan fingerprint density at radius 1 is 1.59 bits per heavy atom. The SMILES string of the molecule is CC(C)CC(CN)C(=O)NCc1cnn(C)c1. The number of aryl methyl sites for hydroxylation is 1. The van der Waals surface area contributed by atoms with Gasteiger partial charge in [-0.3, -0.25) is 9.48 Å². The molecule has 1 aromatic rings. The van der Waals surface area contributed by atoms with Crippen molar-refractivity contribution in [2.45, 2.75) is 26.8 Å². The molecule has 1 aromatic heterocycles. The largest absolute Gasteiger partial charge is 0.352 e. The smallest absolute Gasteiger partial charge is 0.224 e. The highest BCUT2D eigenvalue weighted by atomic mass is 16.1. The molecule has 1 unspecified atom stereocenters. The number of hydrogen-bond donors (Lipinski definition) is 2. The maximum Gasteiger partial charge on any atom is 0.224 e. The number of aromatic nitrogens is 2. The number of rotatable bonds is 6. The maximum absolute atomic E-state index is 11.9. The van der Waals surface area contributed by atoms with E-state index in [1.807, 2.05) is 13.2 Å². The van der Waals surface area contributed by atoms with Crippen LogP contribution in [0.25, 0.3) is 0 Å². The van der Waals surface area contributed by atoms with Crippen molar-refractivity contribution in [3.05, 3.63) is 18.0 Å². The van der Waals surface area contributed by atoms with E-state index in [0.29, 0.717) is 19.0 Å². The van der Waals surface area contributed by atoms with Crippen LogP contribution in [0.4, 0.5) is 0 Å². The number of carbonyl (C=O) groups excluding carboxylic acids is 1. The number of hydrogen-bond acceptors (Lipinski definition) is 3. The van der Waals surface area contributed by atoms with E-state index in [4.69, 9.17) is 5.73 Å². The fourth-order valence-corrected chi connectivity index (χ4v) is 1.78. The van der Waals surface area contributed by atoms with Crippen molar-refractivity contribution in [1.29, 1.82) is 0 Å². The lowest BCUT2D eigenvalue weighted by molar-refractivity contribution is -0.125. The number of amides is 1. The van der Waals surface area contributed by atoms with Crippen molar-refractivity contribution >= 4 is 5.91 Å². The van der Waals surface area contributed by atoms with Crippen molar-refractivity contribution in [2.75, 3.05) is 6.54 Å². The number of nitrogens with zero attached hydrogens (tertiary/aromatic N) is 2. The zero-order valence-electron chi connectivity index (χ0n) is 10.8. The third-order valence-corrected chi connectivity index (χ3v) is 2.64. The van der Waals surface area contributed by atoms with Gasteiger partial charge in [-0.25, -0.2) is 0 Å². The molecule has 0 saturated carbocycles. The second-order valence-corrected chi connectivity index (χ2v) is 4.80. The van der Waals surface area contributed by atoms with Gasteiger partial charge in [0, 0.05) is 31.9 Å². The second kappa shape index (κ2) is 6.39. The average molecular weight is 238 g/mol. The van der Waals surface area contributed by atoms with Gasteiger partial charge in [0.2, 0.25) is 5.91 Å². The molecule has 0 spiro atoms. The van der Waals surface area contributed by atoms with Gasteiger partial charge in [-0.05, 0) is 12.3 Å². The zero-order chi connectivity index (χ0) is 12.8. The first kappa shape index (κ1) is 13.7. The minimum Gasteiger partial charge on any atom is -0.352 e. The molecule has 5 nitrogen and oxygen atoms in total. The molecule has 0 aliphatic rings. The summed E-state index contributed by atoms with van der Waals surface area (Å²) in [5, 5.41) is 6.95. The predicted molar refractivity (Wildman–Crippen MR) is 67.1 cm³/mol. The molecular formula is C12H22N4O. The molecule has 0 radical (unpaired) electrons. The number of nitrogens with two attached hydrogens (primary N) is 1. The molecule has 0 aliphatic carbocycles. The van der Waals surface area contributed by atoms with Crippen LogP contribution in [-0.2, 0) is 18.4 Å². The first-order valence-corrected chi connectivity index (χ1v) is 5.98. The van der Waals surface area contributed by atoms with Crippen LogP contribution in [-0.4, -0.2) is 22.2 Å². The molecule has 96 valence electrons. The van der Waals surface area contributed by atoms with E-state index < -0.39 is 0 Å². The van der Waals surface area contributed by atoms with Gasteiger partial charge in [0.05, 0.1) is 12.1 Å². The topological polar surface area (TPSA) is 72.9 Å². The summed E-state index contributed by atoms with van der Waals surface area (Å²) in [7, 11) is 1.85. The molecule has 1 rings (SSSR count). The summed E-state index contributed by atoms with van der Waals surface area (Å²) in [4.78, 5) is 11.9. The highest BCUT2D eigenvalue weighted by Gasteiger charge is 2.17.